The van der Waals surface area contributed by atoms with E-state index in [2.05, 4.69) is 28.6 Å². The summed E-state index contributed by atoms with van der Waals surface area (Å²) in [6.45, 7) is 1.82. The first-order chi connectivity index (χ1) is 6.56. The van der Waals surface area contributed by atoms with Crippen LogP contribution in [0.5, 0.6) is 0 Å². The largest absolute Gasteiger partial charge is 0.293 e. The van der Waals surface area contributed by atoms with E-state index in [1.165, 1.54) is 0 Å². The number of thioether (sulfide) groups is 1. The highest BCUT2D eigenvalue weighted by Gasteiger charge is 2.12. The fourth-order valence-corrected chi connectivity index (χ4v) is 2.30. The molecule has 0 aliphatic heterocycles. The summed E-state index contributed by atoms with van der Waals surface area (Å²) in [6.07, 6.45) is 1.99. The minimum atomic E-state index is -0.143. The molecule has 0 radical (unpaired) electrons. The van der Waals surface area contributed by atoms with Crippen molar-refractivity contribution in [3.05, 3.63) is 23.8 Å². The first-order valence-electron chi connectivity index (χ1n) is 4.11. The van der Waals surface area contributed by atoms with Gasteiger partial charge in [0.15, 0.2) is 5.78 Å². The summed E-state index contributed by atoms with van der Waals surface area (Å²) in [4.78, 5) is 13.4. The van der Waals surface area contributed by atoms with Crippen LogP contribution in [0, 0.1) is 0 Å². The number of Topliss-reactive ketones (excluding diaryl/α,β-unsaturated/α-hetero) is 1. The molecule has 0 fully saturated rings. The number of benzene rings is 1. The van der Waals surface area contributed by atoms with Gasteiger partial charge in [-0.15, -0.1) is 24.4 Å². The van der Waals surface area contributed by atoms with Gasteiger partial charge < -0.3 is 0 Å². The number of alkyl halides is 1. The molecule has 14 heavy (non-hydrogen) atoms. The van der Waals surface area contributed by atoms with Gasteiger partial charge in [0.2, 0.25) is 0 Å². The minimum absolute atomic E-state index is 0.0907. The van der Waals surface area contributed by atoms with E-state index in [9.17, 15) is 4.79 Å². The summed E-state index contributed by atoms with van der Waals surface area (Å²) >= 11 is 9.20. The molecule has 76 valence electrons. The summed E-state index contributed by atoms with van der Waals surface area (Å²) in [6, 6.07) is 5.58. The van der Waals surface area contributed by atoms with E-state index in [4.69, 9.17) is 0 Å². The topological polar surface area (TPSA) is 17.1 Å². The van der Waals surface area contributed by atoms with Crippen LogP contribution in [0.1, 0.15) is 17.3 Å². The molecule has 1 aromatic rings. The minimum Gasteiger partial charge on any atom is -0.293 e. The number of hydrogen-bond acceptors (Lipinski definition) is 3. The summed E-state index contributed by atoms with van der Waals surface area (Å²) in [5.74, 6) is 0.0907. The van der Waals surface area contributed by atoms with Crippen LogP contribution in [-0.2, 0) is 0 Å². The van der Waals surface area contributed by atoms with Crippen molar-refractivity contribution >= 4 is 46.1 Å². The fourth-order valence-electron chi connectivity index (χ4n) is 1.07. The average molecular weight is 291 g/mol. The summed E-state index contributed by atoms with van der Waals surface area (Å²) in [5, 5.41) is 0. The molecule has 1 atom stereocenters. The molecular weight excluding hydrogens is 280 g/mol. The Morgan fingerprint density at radius 3 is 2.64 bits per heavy atom. The van der Waals surface area contributed by atoms with Crippen molar-refractivity contribution in [1.82, 2.24) is 0 Å². The standard InChI is InChI=1S/C10H11BrOS2/c1-6(11)10(12)7-3-4-9(14-2)8(13)5-7/h3-6,13H,1-2H3. The monoisotopic (exact) mass is 290 g/mol. The third-order valence-corrected chi connectivity index (χ3v) is 3.56. The zero-order valence-electron chi connectivity index (χ0n) is 7.95. The van der Waals surface area contributed by atoms with Gasteiger partial charge in [-0.2, -0.15) is 0 Å². The normalized spacial score (nSPS) is 12.6. The maximum atomic E-state index is 11.6. The number of hydrogen-bond donors (Lipinski definition) is 1. The van der Waals surface area contributed by atoms with Gasteiger partial charge in [-0.05, 0) is 25.3 Å². The van der Waals surface area contributed by atoms with Gasteiger partial charge in [-0.1, -0.05) is 22.0 Å². The summed E-state index contributed by atoms with van der Waals surface area (Å²) < 4.78 is 0. The molecule has 1 unspecified atom stereocenters. The van der Waals surface area contributed by atoms with Gasteiger partial charge in [-0.25, -0.2) is 0 Å². The molecule has 0 saturated heterocycles. The van der Waals surface area contributed by atoms with E-state index < -0.39 is 0 Å². The van der Waals surface area contributed by atoms with Crippen molar-refractivity contribution < 1.29 is 4.79 Å². The SMILES string of the molecule is CSc1ccc(C(=O)C(C)Br)cc1S. The lowest BCUT2D eigenvalue weighted by atomic mass is 10.1. The van der Waals surface area contributed by atoms with E-state index in [-0.39, 0.29) is 10.6 Å². The first-order valence-corrected chi connectivity index (χ1v) is 6.70. The van der Waals surface area contributed by atoms with E-state index in [0.717, 1.165) is 9.79 Å². The van der Waals surface area contributed by atoms with Crippen LogP contribution in [0.25, 0.3) is 0 Å². The quantitative estimate of drug-likeness (QED) is 0.396. The van der Waals surface area contributed by atoms with Crippen molar-refractivity contribution in [2.24, 2.45) is 0 Å². The molecule has 1 rings (SSSR count). The Kier molecular flexibility index (Phi) is 4.54. The van der Waals surface area contributed by atoms with Crippen LogP contribution in [0.15, 0.2) is 28.0 Å². The van der Waals surface area contributed by atoms with Crippen molar-refractivity contribution in [3.8, 4) is 0 Å². The van der Waals surface area contributed by atoms with E-state index in [1.54, 1.807) is 11.8 Å². The lowest BCUT2D eigenvalue weighted by Crippen LogP contribution is -2.09. The van der Waals surface area contributed by atoms with Crippen LogP contribution >= 0.6 is 40.3 Å². The van der Waals surface area contributed by atoms with Gasteiger partial charge >= 0.3 is 0 Å². The molecule has 0 heterocycles. The first kappa shape index (κ1) is 12.1. The van der Waals surface area contributed by atoms with Gasteiger partial charge in [-0.3, -0.25) is 4.79 Å². The zero-order chi connectivity index (χ0) is 10.7. The highest BCUT2D eigenvalue weighted by Crippen LogP contribution is 2.25. The van der Waals surface area contributed by atoms with E-state index in [0.29, 0.717) is 5.56 Å². The van der Waals surface area contributed by atoms with Gasteiger partial charge in [0.05, 0.1) is 4.83 Å². The highest BCUT2D eigenvalue weighted by molar-refractivity contribution is 9.10. The van der Waals surface area contributed by atoms with Crippen LogP contribution in [-0.4, -0.2) is 16.9 Å². The van der Waals surface area contributed by atoms with Crippen molar-refractivity contribution in [2.45, 2.75) is 21.5 Å². The zero-order valence-corrected chi connectivity index (χ0v) is 11.2. The van der Waals surface area contributed by atoms with Gasteiger partial charge in [0.25, 0.3) is 0 Å². The Morgan fingerprint density at radius 1 is 1.57 bits per heavy atom. The number of thiol groups is 1. The molecule has 0 bridgehead atoms. The molecule has 1 aromatic carbocycles. The summed E-state index contributed by atoms with van der Waals surface area (Å²) in [7, 11) is 0. The van der Waals surface area contributed by atoms with Gasteiger partial charge in [0.1, 0.15) is 0 Å². The second-order valence-corrected chi connectivity index (χ2v) is 5.57. The molecule has 0 saturated carbocycles. The lowest BCUT2D eigenvalue weighted by Gasteiger charge is -2.06. The van der Waals surface area contributed by atoms with E-state index in [1.807, 2.05) is 31.4 Å². The second-order valence-electron chi connectivity index (χ2n) is 2.87. The molecule has 0 amide bonds. The van der Waals surface area contributed by atoms with Crippen LogP contribution in [0.4, 0.5) is 0 Å². The molecule has 0 aliphatic carbocycles. The van der Waals surface area contributed by atoms with Crippen molar-refractivity contribution in [1.29, 1.82) is 0 Å². The fraction of sp³-hybridized carbons (Fsp3) is 0.300. The molecular formula is C10H11BrOS2. The predicted octanol–water partition coefficient (Wildman–Crippen LogP) is 3.66. The number of carbonyl (C=O) groups is 1. The molecule has 0 spiro atoms. The lowest BCUT2D eigenvalue weighted by molar-refractivity contribution is 0.0995. The Morgan fingerprint density at radius 2 is 2.21 bits per heavy atom. The number of ketones is 1. The Balaban J connectivity index is 3.03. The maximum absolute atomic E-state index is 11.6. The number of halogens is 1. The Labute approximate surface area is 102 Å². The molecule has 0 aromatic heterocycles. The van der Waals surface area contributed by atoms with E-state index >= 15 is 0 Å². The van der Waals surface area contributed by atoms with Crippen molar-refractivity contribution in [3.63, 3.8) is 0 Å². The molecule has 4 heteroatoms. The smallest absolute Gasteiger partial charge is 0.176 e. The highest BCUT2D eigenvalue weighted by atomic mass is 79.9. The predicted molar refractivity (Wildman–Crippen MR) is 68.2 cm³/mol. The second kappa shape index (κ2) is 5.24. The van der Waals surface area contributed by atoms with Crippen LogP contribution < -0.4 is 0 Å². The number of rotatable bonds is 3. The van der Waals surface area contributed by atoms with Crippen LogP contribution in [0.2, 0.25) is 0 Å². The molecule has 0 N–H and O–H groups in total. The molecule has 0 aliphatic rings. The van der Waals surface area contributed by atoms with Gasteiger partial charge in [0, 0.05) is 15.4 Å². The third-order valence-electron chi connectivity index (χ3n) is 1.82. The third kappa shape index (κ3) is 2.78. The van der Waals surface area contributed by atoms with Crippen molar-refractivity contribution in [2.75, 3.05) is 6.26 Å². The summed E-state index contributed by atoms with van der Waals surface area (Å²) in [5.41, 5.74) is 0.706. The Bertz CT molecular complexity index is 350. The maximum Gasteiger partial charge on any atom is 0.176 e. The number of carbonyl (C=O) groups excluding carboxylic acids is 1. The molecule has 1 nitrogen and oxygen atoms in total. The average Bonchev–Trinajstić information content (AvgIpc) is 2.16. The Hall–Kier alpha value is 0.0700. The van der Waals surface area contributed by atoms with Crippen LogP contribution in [0.3, 0.4) is 0 Å².